The second kappa shape index (κ2) is 6.10. The average Bonchev–Trinajstić information content (AvgIpc) is 3.00. The number of thiophene rings is 1. The third-order valence-electron chi connectivity index (χ3n) is 3.50. The Balaban J connectivity index is 1.81. The van der Waals surface area contributed by atoms with Crippen molar-refractivity contribution >= 4 is 40.3 Å². The Hall–Kier alpha value is -1.85. The lowest BCUT2D eigenvalue weighted by Crippen LogP contribution is -2.27. The summed E-state index contributed by atoms with van der Waals surface area (Å²) in [7, 11) is 0. The zero-order valence-electron chi connectivity index (χ0n) is 12.3. The molecule has 1 aliphatic heterocycles. The minimum atomic E-state index is -0.205. The molecule has 1 fully saturated rings. The molecule has 112 valence electrons. The molecule has 22 heavy (non-hydrogen) atoms. The van der Waals surface area contributed by atoms with Crippen LogP contribution in [0.4, 0.5) is 4.79 Å². The molecule has 1 aliphatic rings. The number of nitrogens with zero attached hydrogens (tertiary/aromatic N) is 1. The van der Waals surface area contributed by atoms with Crippen molar-refractivity contribution in [1.82, 2.24) is 4.90 Å². The molecule has 2 amide bonds. The van der Waals surface area contributed by atoms with Crippen LogP contribution >= 0.6 is 23.1 Å². The first-order valence-electron chi connectivity index (χ1n) is 6.89. The van der Waals surface area contributed by atoms with Crippen molar-refractivity contribution in [2.45, 2.75) is 20.4 Å². The summed E-state index contributed by atoms with van der Waals surface area (Å²) in [5, 5.41) is 1.78. The van der Waals surface area contributed by atoms with Gasteiger partial charge in [-0.2, -0.15) is 0 Å². The van der Waals surface area contributed by atoms with Crippen LogP contribution in [-0.4, -0.2) is 16.0 Å². The quantitative estimate of drug-likeness (QED) is 0.772. The summed E-state index contributed by atoms with van der Waals surface area (Å²) in [6.45, 7) is 4.33. The highest BCUT2D eigenvalue weighted by molar-refractivity contribution is 8.18. The van der Waals surface area contributed by atoms with Crippen molar-refractivity contribution in [3.63, 3.8) is 0 Å². The second-order valence-electron chi connectivity index (χ2n) is 5.22. The van der Waals surface area contributed by atoms with Gasteiger partial charge in [0.2, 0.25) is 0 Å². The van der Waals surface area contributed by atoms with Crippen LogP contribution in [0.25, 0.3) is 6.08 Å². The van der Waals surface area contributed by atoms with E-state index in [1.165, 1.54) is 4.90 Å². The molecule has 1 saturated heterocycles. The number of hydrogen-bond donors (Lipinski definition) is 0. The zero-order chi connectivity index (χ0) is 15.7. The van der Waals surface area contributed by atoms with E-state index < -0.39 is 0 Å². The zero-order valence-corrected chi connectivity index (χ0v) is 14.0. The van der Waals surface area contributed by atoms with Gasteiger partial charge in [-0.15, -0.1) is 11.3 Å². The van der Waals surface area contributed by atoms with Gasteiger partial charge in [-0.25, -0.2) is 0 Å². The topological polar surface area (TPSA) is 37.4 Å². The van der Waals surface area contributed by atoms with E-state index in [9.17, 15) is 9.59 Å². The van der Waals surface area contributed by atoms with E-state index in [2.05, 4.69) is 0 Å². The van der Waals surface area contributed by atoms with Gasteiger partial charge < -0.3 is 0 Å². The maximum Gasteiger partial charge on any atom is 0.293 e. The molecular formula is C17H15NO2S2. The maximum atomic E-state index is 12.4. The van der Waals surface area contributed by atoms with Crippen molar-refractivity contribution in [3.8, 4) is 0 Å². The Bertz CT molecular complexity index is 759. The number of aryl methyl sites for hydroxylation is 2. The largest absolute Gasteiger partial charge is 0.293 e. The van der Waals surface area contributed by atoms with Gasteiger partial charge in [-0.1, -0.05) is 29.8 Å². The van der Waals surface area contributed by atoms with Crippen molar-refractivity contribution < 1.29 is 9.59 Å². The summed E-state index contributed by atoms with van der Waals surface area (Å²) >= 11 is 2.59. The molecule has 5 heteroatoms. The van der Waals surface area contributed by atoms with Crippen LogP contribution in [0.5, 0.6) is 0 Å². The number of thioether (sulfide) groups is 1. The lowest BCUT2D eigenvalue weighted by Gasteiger charge is -2.12. The third-order valence-corrected chi connectivity index (χ3v) is 5.37. The number of carbonyl (C=O) groups is 2. The smallest absolute Gasteiger partial charge is 0.268 e. The Kier molecular flexibility index (Phi) is 4.18. The SMILES string of the molecule is Cc1ccc(CN2C(=O)S/C(=C\c3sccc3C)C2=O)cc1. The highest BCUT2D eigenvalue weighted by Gasteiger charge is 2.35. The predicted molar refractivity (Wildman–Crippen MR) is 91.7 cm³/mol. The molecule has 2 heterocycles. The molecule has 0 atom stereocenters. The van der Waals surface area contributed by atoms with Crippen LogP contribution in [-0.2, 0) is 11.3 Å². The molecule has 3 nitrogen and oxygen atoms in total. The fraction of sp³-hybridized carbons (Fsp3) is 0.176. The normalized spacial score (nSPS) is 16.8. The highest BCUT2D eigenvalue weighted by Crippen LogP contribution is 2.34. The fourth-order valence-electron chi connectivity index (χ4n) is 2.16. The highest BCUT2D eigenvalue weighted by atomic mass is 32.2. The summed E-state index contributed by atoms with van der Waals surface area (Å²) in [5.41, 5.74) is 3.24. The van der Waals surface area contributed by atoms with E-state index in [1.54, 1.807) is 11.3 Å². The van der Waals surface area contributed by atoms with Crippen molar-refractivity contribution in [2.24, 2.45) is 0 Å². The van der Waals surface area contributed by atoms with Gasteiger partial charge in [-0.3, -0.25) is 14.5 Å². The lowest BCUT2D eigenvalue weighted by atomic mass is 10.1. The van der Waals surface area contributed by atoms with Gasteiger partial charge in [-0.05, 0) is 54.3 Å². The molecular weight excluding hydrogens is 314 g/mol. The van der Waals surface area contributed by atoms with Crippen LogP contribution in [0, 0.1) is 13.8 Å². The van der Waals surface area contributed by atoms with E-state index in [4.69, 9.17) is 0 Å². The van der Waals surface area contributed by atoms with E-state index in [0.29, 0.717) is 11.4 Å². The number of carbonyl (C=O) groups excluding carboxylic acids is 2. The Morgan fingerprint density at radius 3 is 2.45 bits per heavy atom. The standard InChI is InChI=1S/C17H15NO2S2/c1-11-3-5-13(6-4-11)10-18-16(19)15(22-17(18)20)9-14-12(2)7-8-21-14/h3-9H,10H2,1-2H3/b15-9-. The first-order valence-corrected chi connectivity index (χ1v) is 8.59. The third kappa shape index (κ3) is 3.00. The van der Waals surface area contributed by atoms with Crippen molar-refractivity contribution in [3.05, 3.63) is 62.2 Å². The van der Waals surface area contributed by atoms with Crippen molar-refractivity contribution in [2.75, 3.05) is 0 Å². The maximum absolute atomic E-state index is 12.4. The van der Waals surface area contributed by atoms with Crippen LogP contribution < -0.4 is 0 Å². The number of hydrogen-bond acceptors (Lipinski definition) is 4. The average molecular weight is 329 g/mol. The van der Waals surface area contributed by atoms with E-state index in [-0.39, 0.29) is 11.1 Å². The summed E-state index contributed by atoms with van der Waals surface area (Å²) in [6.07, 6.45) is 1.82. The van der Waals surface area contributed by atoms with Gasteiger partial charge in [0.05, 0.1) is 11.4 Å². The lowest BCUT2D eigenvalue weighted by molar-refractivity contribution is -0.123. The molecule has 0 bridgehead atoms. The Labute approximate surface area is 137 Å². The molecule has 0 unspecified atom stereocenters. The van der Waals surface area contributed by atoms with Crippen molar-refractivity contribution in [1.29, 1.82) is 0 Å². The summed E-state index contributed by atoms with van der Waals surface area (Å²) < 4.78 is 0. The van der Waals surface area contributed by atoms with E-state index >= 15 is 0 Å². The summed E-state index contributed by atoms with van der Waals surface area (Å²) in [4.78, 5) is 27.4. The second-order valence-corrected chi connectivity index (χ2v) is 7.16. The van der Waals surface area contributed by atoms with E-state index in [0.717, 1.165) is 33.3 Å². The van der Waals surface area contributed by atoms with E-state index in [1.807, 2.05) is 55.6 Å². The molecule has 1 aromatic heterocycles. The molecule has 3 rings (SSSR count). The predicted octanol–water partition coefficient (Wildman–Crippen LogP) is 4.60. The van der Waals surface area contributed by atoms with Gasteiger partial charge in [0.1, 0.15) is 0 Å². The number of amides is 2. The minimum Gasteiger partial charge on any atom is -0.268 e. The molecule has 0 radical (unpaired) electrons. The monoisotopic (exact) mass is 329 g/mol. The Morgan fingerprint density at radius 1 is 1.09 bits per heavy atom. The molecule has 2 aromatic rings. The van der Waals surface area contributed by atoms with Gasteiger partial charge >= 0.3 is 0 Å². The first-order chi connectivity index (χ1) is 10.5. The van der Waals surface area contributed by atoms with Crippen LogP contribution in [0.3, 0.4) is 0 Å². The van der Waals surface area contributed by atoms with Crippen LogP contribution in [0.2, 0.25) is 0 Å². The van der Waals surface area contributed by atoms with Gasteiger partial charge in [0.15, 0.2) is 0 Å². The summed E-state index contributed by atoms with van der Waals surface area (Å²) in [5.74, 6) is -0.205. The van der Waals surface area contributed by atoms with Gasteiger partial charge in [0, 0.05) is 4.88 Å². The summed E-state index contributed by atoms with van der Waals surface area (Å²) in [6, 6.07) is 9.88. The number of rotatable bonds is 3. The molecule has 0 N–H and O–H groups in total. The Morgan fingerprint density at radius 2 is 1.82 bits per heavy atom. The minimum absolute atomic E-state index is 0.203. The number of benzene rings is 1. The van der Waals surface area contributed by atoms with Crippen LogP contribution in [0.15, 0.2) is 40.6 Å². The van der Waals surface area contributed by atoms with Gasteiger partial charge in [0.25, 0.3) is 11.1 Å². The number of imide groups is 1. The fourth-order valence-corrected chi connectivity index (χ4v) is 3.92. The first kappa shape index (κ1) is 15.1. The molecule has 1 aromatic carbocycles. The van der Waals surface area contributed by atoms with Crippen LogP contribution in [0.1, 0.15) is 21.6 Å². The molecule has 0 saturated carbocycles. The molecule has 0 aliphatic carbocycles. The molecule has 0 spiro atoms.